The van der Waals surface area contributed by atoms with Crippen molar-refractivity contribution in [3.8, 4) is 5.75 Å². The summed E-state index contributed by atoms with van der Waals surface area (Å²) < 4.78 is 10.6. The molecule has 0 radical (unpaired) electrons. The molecule has 0 amide bonds. The highest BCUT2D eigenvalue weighted by Crippen LogP contribution is 2.32. The van der Waals surface area contributed by atoms with Crippen molar-refractivity contribution in [2.45, 2.75) is 32.2 Å². The smallest absolute Gasteiger partial charge is 0.141 e. The van der Waals surface area contributed by atoms with Crippen LogP contribution in [0.25, 0.3) is 0 Å². The van der Waals surface area contributed by atoms with Gasteiger partial charge in [0.05, 0.1) is 32.1 Å². The molecule has 0 atom stereocenters. The maximum absolute atomic E-state index is 5.38. The minimum absolute atomic E-state index is 0.152. The highest BCUT2D eigenvalue weighted by Gasteiger charge is 2.21. The Kier molecular flexibility index (Phi) is 3.29. The van der Waals surface area contributed by atoms with E-state index in [1.807, 2.05) is 6.07 Å². The van der Waals surface area contributed by atoms with Crippen molar-refractivity contribution in [3.63, 3.8) is 0 Å². The van der Waals surface area contributed by atoms with Crippen LogP contribution in [-0.2, 0) is 10.2 Å². The van der Waals surface area contributed by atoms with Crippen molar-refractivity contribution in [1.82, 2.24) is 0 Å². The van der Waals surface area contributed by atoms with E-state index >= 15 is 0 Å². The summed E-state index contributed by atoms with van der Waals surface area (Å²) in [4.78, 5) is 0. The third kappa shape index (κ3) is 2.72. The van der Waals surface area contributed by atoms with Crippen molar-refractivity contribution in [1.29, 1.82) is 0 Å². The summed E-state index contributed by atoms with van der Waals surface area (Å²) in [7, 11) is 1.70. The predicted molar refractivity (Wildman–Crippen MR) is 69.9 cm³/mol. The molecule has 1 aliphatic heterocycles. The minimum atomic E-state index is 0.152. The molecule has 1 N–H and O–H groups in total. The molecule has 2 rings (SSSR count). The molecule has 0 unspecified atom stereocenters. The molecule has 1 aromatic carbocycles. The molecule has 1 aromatic rings. The Balaban J connectivity index is 2.25. The average molecular weight is 235 g/mol. The number of benzene rings is 1. The monoisotopic (exact) mass is 235 g/mol. The Morgan fingerprint density at radius 2 is 2.00 bits per heavy atom. The SMILES string of the molecule is COc1ccc(C(C)(C)C)cc1NC1COC1. The second-order valence-corrected chi connectivity index (χ2v) is 5.54. The minimum Gasteiger partial charge on any atom is -0.495 e. The zero-order chi connectivity index (χ0) is 12.5. The molecule has 0 saturated carbocycles. The molecule has 3 nitrogen and oxygen atoms in total. The van der Waals surface area contributed by atoms with Crippen molar-refractivity contribution < 1.29 is 9.47 Å². The van der Waals surface area contributed by atoms with E-state index < -0.39 is 0 Å². The number of anilines is 1. The first kappa shape index (κ1) is 12.2. The lowest BCUT2D eigenvalue weighted by Crippen LogP contribution is -2.40. The normalized spacial score (nSPS) is 16.5. The Morgan fingerprint density at radius 1 is 1.29 bits per heavy atom. The third-order valence-electron chi connectivity index (χ3n) is 3.06. The molecule has 3 heteroatoms. The molecule has 1 fully saturated rings. The van der Waals surface area contributed by atoms with Crippen LogP contribution in [0.3, 0.4) is 0 Å². The predicted octanol–water partition coefficient (Wildman–Crippen LogP) is 2.80. The fourth-order valence-electron chi connectivity index (χ4n) is 1.83. The fraction of sp³-hybridized carbons (Fsp3) is 0.571. The molecule has 94 valence electrons. The van der Waals surface area contributed by atoms with Gasteiger partial charge in [-0.1, -0.05) is 26.8 Å². The van der Waals surface area contributed by atoms with Gasteiger partial charge in [-0.25, -0.2) is 0 Å². The van der Waals surface area contributed by atoms with E-state index in [1.54, 1.807) is 7.11 Å². The summed E-state index contributed by atoms with van der Waals surface area (Å²) in [5, 5.41) is 3.46. The number of hydrogen-bond acceptors (Lipinski definition) is 3. The molecular formula is C14H21NO2. The van der Waals surface area contributed by atoms with Crippen LogP contribution in [0.5, 0.6) is 5.75 Å². The summed E-state index contributed by atoms with van der Waals surface area (Å²) >= 11 is 0. The van der Waals surface area contributed by atoms with Crippen molar-refractivity contribution in [3.05, 3.63) is 23.8 Å². The summed E-state index contributed by atoms with van der Waals surface area (Å²) in [6, 6.07) is 6.75. The van der Waals surface area contributed by atoms with Crippen LogP contribution >= 0.6 is 0 Å². The van der Waals surface area contributed by atoms with Gasteiger partial charge in [-0.2, -0.15) is 0 Å². The quantitative estimate of drug-likeness (QED) is 0.874. The van der Waals surface area contributed by atoms with Crippen molar-refractivity contribution in [2.75, 3.05) is 25.6 Å². The van der Waals surface area contributed by atoms with Gasteiger partial charge in [0.15, 0.2) is 0 Å². The standard InChI is InChI=1S/C14H21NO2/c1-14(2,3)10-5-6-13(16-4)12(7-10)15-11-8-17-9-11/h5-7,11,15H,8-9H2,1-4H3. The number of rotatable bonds is 3. The number of ether oxygens (including phenoxy) is 2. The van der Waals surface area contributed by atoms with Crippen LogP contribution in [0.1, 0.15) is 26.3 Å². The lowest BCUT2D eigenvalue weighted by molar-refractivity contribution is 0.0210. The third-order valence-corrected chi connectivity index (χ3v) is 3.06. The van der Waals surface area contributed by atoms with Crippen molar-refractivity contribution in [2.24, 2.45) is 0 Å². The Labute approximate surface area is 103 Å². The molecule has 1 aliphatic rings. The van der Waals surface area contributed by atoms with Gasteiger partial charge in [0.25, 0.3) is 0 Å². The molecule has 0 aromatic heterocycles. The fourth-order valence-corrected chi connectivity index (χ4v) is 1.83. The van der Waals surface area contributed by atoms with Gasteiger partial charge in [0.1, 0.15) is 5.75 Å². The molecule has 0 spiro atoms. The van der Waals surface area contributed by atoms with Gasteiger partial charge in [0.2, 0.25) is 0 Å². The van der Waals surface area contributed by atoms with E-state index in [4.69, 9.17) is 9.47 Å². The molecule has 17 heavy (non-hydrogen) atoms. The highest BCUT2D eigenvalue weighted by atomic mass is 16.5. The Morgan fingerprint density at radius 3 is 2.47 bits per heavy atom. The lowest BCUT2D eigenvalue weighted by atomic mass is 9.86. The van der Waals surface area contributed by atoms with Crippen LogP contribution in [0, 0.1) is 0 Å². The summed E-state index contributed by atoms with van der Waals surface area (Å²) in [6.45, 7) is 8.20. The highest BCUT2D eigenvalue weighted by molar-refractivity contribution is 5.59. The van der Waals surface area contributed by atoms with E-state index in [0.717, 1.165) is 24.7 Å². The summed E-state index contributed by atoms with van der Waals surface area (Å²) in [6.07, 6.45) is 0. The molecule has 0 aliphatic carbocycles. The Bertz CT molecular complexity index is 392. The second-order valence-electron chi connectivity index (χ2n) is 5.54. The first-order valence-corrected chi connectivity index (χ1v) is 6.03. The Hall–Kier alpha value is -1.22. The van der Waals surface area contributed by atoms with Gasteiger partial charge in [-0.05, 0) is 23.1 Å². The van der Waals surface area contributed by atoms with E-state index in [2.05, 4.69) is 38.2 Å². The van der Waals surface area contributed by atoms with Crippen LogP contribution in [0.15, 0.2) is 18.2 Å². The molecular weight excluding hydrogens is 214 g/mol. The van der Waals surface area contributed by atoms with Gasteiger partial charge < -0.3 is 14.8 Å². The molecule has 0 bridgehead atoms. The lowest BCUT2D eigenvalue weighted by Gasteiger charge is -2.29. The van der Waals surface area contributed by atoms with E-state index in [9.17, 15) is 0 Å². The topological polar surface area (TPSA) is 30.5 Å². The van der Waals surface area contributed by atoms with Crippen molar-refractivity contribution >= 4 is 5.69 Å². The first-order chi connectivity index (χ1) is 8.00. The summed E-state index contributed by atoms with van der Waals surface area (Å²) in [5.41, 5.74) is 2.52. The average Bonchev–Trinajstić information content (AvgIpc) is 2.22. The van der Waals surface area contributed by atoms with Gasteiger partial charge in [-0.15, -0.1) is 0 Å². The van der Waals surface area contributed by atoms with Gasteiger partial charge in [-0.3, -0.25) is 0 Å². The zero-order valence-electron chi connectivity index (χ0n) is 11.0. The number of hydrogen-bond donors (Lipinski definition) is 1. The van der Waals surface area contributed by atoms with E-state index in [-0.39, 0.29) is 5.41 Å². The maximum Gasteiger partial charge on any atom is 0.141 e. The van der Waals surface area contributed by atoms with E-state index in [0.29, 0.717) is 6.04 Å². The van der Waals surface area contributed by atoms with Crippen LogP contribution in [0.2, 0.25) is 0 Å². The number of nitrogens with one attached hydrogen (secondary N) is 1. The largest absolute Gasteiger partial charge is 0.495 e. The molecule has 1 saturated heterocycles. The van der Waals surface area contributed by atoms with Crippen LogP contribution < -0.4 is 10.1 Å². The maximum atomic E-state index is 5.38. The first-order valence-electron chi connectivity index (χ1n) is 6.03. The molecule has 1 heterocycles. The number of methoxy groups -OCH3 is 1. The summed E-state index contributed by atoms with van der Waals surface area (Å²) in [5.74, 6) is 0.893. The van der Waals surface area contributed by atoms with Gasteiger partial charge >= 0.3 is 0 Å². The van der Waals surface area contributed by atoms with E-state index in [1.165, 1.54) is 5.56 Å². The zero-order valence-corrected chi connectivity index (χ0v) is 11.0. The van der Waals surface area contributed by atoms with Gasteiger partial charge in [0, 0.05) is 0 Å². The second kappa shape index (κ2) is 4.57. The van der Waals surface area contributed by atoms with Crippen LogP contribution in [-0.4, -0.2) is 26.4 Å². The van der Waals surface area contributed by atoms with Crippen LogP contribution in [0.4, 0.5) is 5.69 Å².